The fourth-order valence-electron chi connectivity index (χ4n) is 1.89. The van der Waals surface area contributed by atoms with Crippen LogP contribution in [0.2, 0.25) is 0 Å². The number of nitrogens with one attached hydrogen (secondary N) is 1. The van der Waals surface area contributed by atoms with Gasteiger partial charge < -0.3 is 29.0 Å². The fourth-order valence-corrected chi connectivity index (χ4v) is 1.89. The summed E-state index contributed by atoms with van der Waals surface area (Å²) in [4.78, 5) is 9.18. The van der Waals surface area contributed by atoms with Gasteiger partial charge >= 0.3 is 0 Å². The minimum atomic E-state index is -0.612. The Bertz CT molecular complexity index is 235. The number of methoxy groups -OCH3 is 3. The van der Waals surface area contributed by atoms with Crippen LogP contribution in [0.1, 0.15) is 13.3 Å². The Morgan fingerprint density at radius 3 is 2.40 bits per heavy atom. The molecule has 1 saturated heterocycles. The van der Waals surface area contributed by atoms with Crippen LogP contribution in [0.5, 0.6) is 0 Å². The van der Waals surface area contributed by atoms with Crippen molar-refractivity contribution in [3.8, 4) is 0 Å². The highest BCUT2D eigenvalue weighted by Gasteiger charge is 2.42. The number of ether oxygens (including phenoxy) is 5. The zero-order valence-electron chi connectivity index (χ0n) is 12.8. The highest BCUT2D eigenvalue weighted by atomic mass is 16.7. The van der Waals surface area contributed by atoms with Gasteiger partial charge in [0.15, 0.2) is 5.79 Å². The molecule has 1 aliphatic heterocycles. The van der Waals surface area contributed by atoms with Crippen molar-refractivity contribution in [1.82, 2.24) is 5.32 Å². The molecule has 1 unspecified atom stereocenters. The highest BCUT2D eigenvalue weighted by molar-refractivity contribution is 5.36. The first-order valence-electron chi connectivity index (χ1n) is 6.67. The first-order chi connectivity index (χ1) is 9.70. The van der Waals surface area contributed by atoms with Gasteiger partial charge in [0.05, 0.1) is 19.8 Å². The molecular formula is C13H27NO6. The van der Waals surface area contributed by atoms with E-state index in [1.165, 1.54) is 0 Å². The molecule has 0 aromatic carbocycles. The van der Waals surface area contributed by atoms with Crippen molar-refractivity contribution in [2.24, 2.45) is 0 Å². The van der Waals surface area contributed by atoms with E-state index in [-0.39, 0.29) is 6.10 Å². The molecule has 120 valence electrons. The molecule has 0 amide bonds. The van der Waals surface area contributed by atoms with Crippen LogP contribution >= 0.6 is 0 Å². The van der Waals surface area contributed by atoms with E-state index >= 15 is 0 Å². The van der Waals surface area contributed by atoms with E-state index in [0.717, 1.165) is 19.5 Å². The van der Waals surface area contributed by atoms with E-state index in [1.807, 2.05) is 0 Å². The van der Waals surface area contributed by atoms with E-state index in [1.54, 1.807) is 28.3 Å². The summed E-state index contributed by atoms with van der Waals surface area (Å²) >= 11 is 0. The van der Waals surface area contributed by atoms with E-state index in [9.17, 15) is 4.79 Å². The third kappa shape index (κ3) is 6.62. The summed E-state index contributed by atoms with van der Waals surface area (Å²) in [6.07, 6.45) is 0.703. The minimum absolute atomic E-state index is 0.0867. The van der Waals surface area contributed by atoms with Crippen LogP contribution in [-0.4, -0.2) is 72.6 Å². The molecule has 7 nitrogen and oxygen atoms in total. The average molecular weight is 293 g/mol. The van der Waals surface area contributed by atoms with E-state index in [4.69, 9.17) is 18.9 Å². The average Bonchev–Trinajstić information content (AvgIpc) is 2.49. The Morgan fingerprint density at radius 1 is 1.25 bits per heavy atom. The van der Waals surface area contributed by atoms with Gasteiger partial charge in [0.25, 0.3) is 6.47 Å². The van der Waals surface area contributed by atoms with Crippen LogP contribution in [-0.2, 0) is 28.5 Å². The quantitative estimate of drug-likeness (QED) is 0.389. The molecule has 0 aromatic heterocycles. The Kier molecular flexibility index (Phi) is 11.6. The van der Waals surface area contributed by atoms with E-state index < -0.39 is 5.79 Å². The van der Waals surface area contributed by atoms with Crippen molar-refractivity contribution in [2.45, 2.75) is 25.2 Å². The molecule has 0 saturated carbocycles. The van der Waals surface area contributed by atoms with Crippen LogP contribution in [0.3, 0.4) is 0 Å². The lowest BCUT2D eigenvalue weighted by atomic mass is 10.0. The van der Waals surface area contributed by atoms with Crippen molar-refractivity contribution in [1.29, 1.82) is 0 Å². The molecule has 0 aromatic rings. The van der Waals surface area contributed by atoms with Gasteiger partial charge in [-0.1, -0.05) is 0 Å². The second-order valence-electron chi connectivity index (χ2n) is 4.08. The molecule has 1 heterocycles. The normalized spacial score (nSPS) is 20.7. The summed E-state index contributed by atoms with van der Waals surface area (Å²) in [5, 5.41) is 3.26. The topological polar surface area (TPSA) is 75.3 Å². The van der Waals surface area contributed by atoms with Crippen molar-refractivity contribution < 1.29 is 28.5 Å². The Balaban J connectivity index is 0.000000621. The van der Waals surface area contributed by atoms with Gasteiger partial charge in [0.1, 0.15) is 6.10 Å². The highest BCUT2D eigenvalue weighted by Crippen LogP contribution is 2.25. The van der Waals surface area contributed by atoms with Gasteiger partial charge in [0.2, 0.25) is 0 Å². The number of rotatable bonds is 8. The van der Waals surface area contributed by atoms with Crippen molar-refractivity contribution in [3.63, 3.8) is 0 Å². The number of piperidine rings is 1. The summed E-state index contributed by atoms with van der Waals surface area (Å²) in [5.74, 6) is -0.612. The SMILES string of the molecule is CCOC=O.COCCOC1CNCCC1(OC)OC. The molecule has 20 heavy (non-hydrogen) atoms. The molecule has 7 heteroatoms. The Labute approximate surface area is 120 Å². The second-order valence-corrected chi connectivity index (χ2v) is 4.08. The van der Waals surface area contributed by atoms with E-state index in [2.05, 4.69) is 10.1 Å². The molecule has 0 bridgehead atoms. The summed E-state index contributed by atoms with van der Waals surface area (Å²) in [6.45, 7) is 5.42. The maximum absolute atomic E-state index is 9.18. The van der Waals surface area contributed by atoms with Gasteiger partial charge in [-0.2, -0.15) is 0 Å². The maximum atomic E-state index is 9.18. The molecule has 0 spiro atoms. The standard InChI is InChI=1S/C10H21NO4.C3H6O2/c1-12-6-7-15-9-8-11-5-4-10(9,13-2)14-3;1-2-5-3-4/h9,11H,4-8H2,1-3H3;3H,2H2,1H3. The lowest BCUT2D eigenvalue weighted by Gasteiger charge is -2.41. The zero-order valence-corrected chi connectivity index (χ0v) is 12.8. The summed E-state index contributed by atoms with van der Waals surface area (Å²) in [7, 11) is 4.96. The van der Waals surface area contributed by atoms with Gasteiger partial charge in [-0.15, -0.1) is 0 Å². The number of hydrogen-bond acceptors (Lipinski definition) is 7. The predicted octanol–water partition coefficient (Wildman–Crippen LogP) is 0.180. The Morgan fingerprint density at radius 2 is 1.95 bits per heavy atom. The van der Waals surface area contributed by atoms with Crippen LogP contribution in [0.15, 0.2) is 0 Å². The molecule has 1 rings (SSSR count). The van der Waals surface area contributed by atoms with Gasteiger partial charge in [-0.25, -0.2) is 0 Å². The van der Waals surface area contributed by atoms with Crippen molar-refractivity contribution in [3.05, 3.63) is 0 Å². The lowest BCUT2D eigenvalue weighted by Crippen LogP contribution is -2.57. The largest absolute Gasteiger partial charge is 0.468 e. The molecule has 1 N–H and O–H groups in total. The lowest BCUT2D eigenvalue weighted by molar-refractivity contribution is -0.279. The summed E-state index contributed by atoms with van der Waals surface area (Å²) in [5.41, 5.74) is 0. The molecule has 1 atom stereocenters. The van der Waals surface area contributed by atoms with Crippen molar-refractivity contribution >= 4 is 6.47 Å². The third-order valence-electron chi connectivity index (χ3n) is 3.00. The van der Waals surface area contributed by atoms with Crippen molar-refractivity contribution in [2.75, 3.05) is 54.2 Å². The summed E-state index contributed by atoms with van der Waals surface area (Å²) < 4.78 is 25.7. The maximum Gasteiger partial charge on any atom is 0.293 e. The third-order valence-corrected chi connectivity index (χ3v) is 3.00. The number of carbonyl (C=O) groups is 1. The first-order valence-corrected chi connectivity index (χ1v) is 6.67. The smallest absolute Gasteiger partial charge is 0.293 e. The Hall–Kier alpha value is -0.730. The predicted molar refractivity (Wildman–Crippen MR) is 73.5 cm³/mol. The van der Waals surface area contributed by atoms with Crippen LogP contribution < -0.4 is 5.32 Å². The molecule has 0 radical (unpaired) electrons. The first kappa shape index (κ1) is 19.3. The minimum Gasteiger partial charge on any atom is -0.468 e. The molecule has 1 aliphatic rings. The molecule has 1 fully saturated rings. The second kappa shape index (κ2) is 12.0. The summed E-state index contributed by atoms with van der Waals surface area (Å²) in [6, 6.07) is 0. The monoisotopic (exact) mass is 293 g/mol. The molecular weight excluding hydrogens is 266 g/mol. The zero-order chi connectivity index (χ0) is 15.3. The van der Waals surface area contributed by atoms with E-state index in [0.29, 0.717) is 26.3 Å². The fraction of sp³-hybridized carbons (Fsp3) is 0.923. The molecule has 0 aliphatic carbocycles. The van der Waals surface area contributed by atoms with Crippen LogP contribution in [0.4, 0.5) is 0 Å². The van der Waals surface area contributed by atoms with Crippen LogP contribution in [0, 0.1) is 0 Å². The van der Waals surface area contributed by atoms with Crippen LogP contribution in [0.25, 0.3) is 0 Å². The van der Waals surface area contributed by atoms with Gasteiger partial charge in [-0.3, -0.25) is 4.79 Å². The number of hydrogen-bond donors (Lipinski definition) is 1. The van der Waals surface area contributed by atoms with Gasteiger partial charge in [-0.05, 0) is 6.92 Å². The van der Waals surface area contributed by atoms with Gasteiger partial charge in [0, 0.05) is 40.8 Å². The number of carbonyl (C=O) groups excluding carboxylic acids is 1.